The maximum Gasteiger partial charge on any atom is 0.240 e. The first-order chi connectivity index (χ1) is 14.2. The Morgan fingerprint density at radius 2 is 0.966 bits per heavy atom. The lowest BCUT2D eigenvalue weighted by Crippen LogP contribution is -2.64. The molecule has 4 aliphatic heterocycles. The van der Waals surface area contributed by atoms with E-state index in [1.807, 2.05) is 0 Å². The topological polar surface area (TPSA) is 47.1 Å². The smallest absolute Gasteiger partial charge is 0.240 e. The van der Waals surface area contributed by atoms with E-state index in [-0.39, 0.29) is 24.2 Å². The highest BCUT2D eigenvalue weighted by molar-refractivity contribution is 5.86. The van der Waals surface area contributed by atoms with Gasteiger partial charge in [0.15, 0.2) is 0 Å². The Hall–Kier alpha value is -1.14. The minimum absolute atomic E-state index is 0.131. The third kappa shape index (κ3) is 2.96. The number of hydrogen-bond donors (Lipinski definition) is 0. The summed E-state index contributed by atoms with van der Waals surface area (Å²) in [6.07, 6.45) is 13.5. The second-order valence-corrected chi connectivity index (χ2v) is 10.5. The molecule has 0 aromatic rings. The van der Waals surface area contributed by atoms with Gasteiger partial charge in [0, 0.05) is 38.3 Å². The molecule has 0 aromatic heterocycles. The quantitative estimate of drug-likeness (QED) is 0.722. The summed E-state index contributed by atoms with van der Waals surface area (Å²) in [5, 5.41) is 0. The SMILES string of the molecule is O=C(C1CCN1C1CCCC1)N1C[C@@H]2C[C@H]1CN2C(=O)C1CCN1C1CCCC1. The number of carbonyl (C=O) groups excluding carboxylic acids is 2. The summed E-state index contributed by atoms with van der Waals surface area (Å²) in [6, 6.07) is 2.09. The number of carbonyl (C=O) groups is 2. The molecule has 2 aliphatic carbocycles. The van der Waals surface area contributed by atoms with Gasteiger partial charge >= 0.3 is 0 Å². The molecule has 29 heavy (non-hydrogen) atoms. The third-order valence-electron chi connectivity index (χ3n) is 9.09. The molecular formula is C23H36N4O2. The molecular weight excluding hydrogens is 364 g/mol. The second kappa shape index (κ2) is 7.23. The first-order valence-corrected chi connectivity index (χ1v) is 12.3. The summed E-state index contributed by atoms with van der Waals surface area (Å²) in [4.78, 5) is 35.8. The molecule has 0 spiro atoms. The molecule has 0 N–H and O–H groups in total. The lowest BCUT2D eigenvalue weighted by atomic mass is 9.96. The van der Waals surface area contributed by atoms with Gasteiger partial charge in [0.25, 0.3) is 0 Å². The van der Waals surface area contributed by atoms with Crippen LogP contribution in [0.4, 0.5) is 0 Å². The van der Waals surface area contributed by atoms with Crippen LogP contribution in [0.25, 0.3) is 0 Å². The fourth-order valence-electron chi connectivity index (χ4n) is 7.28. The molecule has 0 aromatic carbocycles. The number of rotatable bonds is 4. The molecule has 6 nitrogen and oxygen atoms in total. The van der Waals surface area contributed by atoms with Crippen LogP contribution < -0.4 is 0 Å². The van der Waals surface area contributed by atoms with Crippen molar-refractivity contribution >= 4 is 11.8 Å². The highest BCUT2D eigenvalue weighted by Crippen LogP contribution is 2.38. The van der Waals surface area contributed by atoms with Gasteiger partial charge in [-0.1, -0.05) is 25.7 Å². The highest BCUT2D eigenvalue weighted by atomic mass is 16.2. The molecule has 2 unspecified atom stereocenters. The van der Waals surface area contributed by atoms with E-state index in [0.29, 0.717) is 23.9 Å². The lowest BCUT2D eigenvalue weighted by molar-refractivity contribution is -0.152. The zero-order chi connectivity index (χ0) is 19.5. The molecule has 2 amide bonds. The first kappa shape index (κ1) is 18.6. The molecule has 2 saturated carbocycles. The lowest BCUT2D eigenvalue weighted by Gasteiger charge is -2.48. The Morgan fingerprint density at radius 3 is 1.28 bits per heavy atom. The molecule has 4 heterocycles. The van der Waals surface area contributed by atoms with Crippen molar-refractivity contribution in [2.45, 2.75) is 107 Å². The molecule has 6 fully saturated rings. The Bertz CT molecular complexity index is 616. The minimum Gasteiger partial charge on any atom is -0.334 e. The summed E-state index contributed by atoms with van der Waals surface area (Å²) in [5.41, 5.74) is 0. The number of nitrogens with zero attached hydrogens (tertiary/aromatic N) is 4. The summed E-state index contributed by atoms with van der Waals surface area (Å²) >= 11 is 0. The second-order valence-electron chi connectivity index (χ2n) is 10.5. The number of fused-ring (bicyclic) bond motifs is 2. The molecule has 6 rings (SSSR count). The van der Waals surface area contributed by atoms with E-state index in [2.05, 4.69) is 19.6 Å². The fraction of sp³-hybridized carbons (Fsp3) is 0.913. The Labute approximate surface area is 174 Å². The van der Waals surface area contributed by atoms with Gasteiger partial charge in [0.2, 0.25) is 11.8 Å². The van der Waals surface area contributed by atoms with Gasteiger partial charge < -0.3 is 9.80 Å². The van der Waals surface area contributed by atoms with E-state index >= 15 is 0 Å². The van der Waals surface area contributed by atoms with E-state index in [4.69, 9.17) is 0 Å². The van der Waals surface area contributed by atoms with E-state index in [1.54, 1.807) is 0 Å². The van der Waals surface area contributed by atoms with Crippen molar-refractivity contribution in [2.24, 2.45) is 0 Å². The summed E-state index contributed by atoms with van der Waals surface area (Å²) in [7, 11) is 0. The van der Waals surface area contributed by atoms with Crippen LogP contribution in [0.15, 0.2) is 0 Å². The van der Waals surface area contributed by atoms with Gasteiger partial charge in [-0.05, 0) is 44.9 Å². The van der Waals surface area contributed by atoms with Gasteiger partial charge in [-0.2, -0.15) is 0 Å². The zero-order valence-corrected chi connectivity index (χ0v) is 17.7. The molecule has 6 heteroatoms. The van der Waals surface area contributed by atoms with Gasteiger partial charge in [-0.3, -0.25) is 19.4 Å². The van der Waals surface area contributed by atoms with Gasteiger partial charge in [-0.25, -0.2) is 0 Å². The summed E-state index contributed by atoms with van der Waals surface area (Å²) < 4.78 is 0. The largest absolute Gasteiger partial charge is 0.334 e. The maximum atomic E-state index is 13.3. The molecule has 4 atom stereocenters. The van der Waals surface area contributed by atoms with Crippen LogP contribution in [0.3, 0.4) is 0 Å². The van der Waals surface area contributed by atoms with Gasteiger partial charge in [0.05, 0.1) is 24.2 Å². The number of likely N-dealkylation sites (tertiary alicyclic amines) is 4. The van der Waals surface area contributed by atoms with Crippen molar-refractivity contribution < 1.29 is 9.59 Å². The van der Waals surface area contributed by atoms with Crippen LogP contribution in [0, 0.1) is 0 Å². The van der Waals surface area contributed by atoms with Crippen molar-refractivity contribution in [3.05, 3.63) is 0 Å². The van der Waals surface area contributed by atoms with Crippen molar-refractivity contribution in [3.63, 3.8) is 0 Å². The van der Waals surface area contributed by atoms with Crippen LogP contribution in [-0.4, -0.2) is 93.8 Å². The number of amides is 2. The minimum atomic E-state index is 0.131. The fourth-order valence-corrected chi connectivity index (χ4v) is 7.28. The van der Waals surface area contributed by atoms with E-state index in [0.717, 1.165) is 45.4 Å². The van der Waals surface area contributed by atoms with Crippen molar-refractivity contribution in [2.75, 3.05) is 26.2 Å². The van der Waals surface area contributed by atoms with Crippen LogP contribution >= 0.6 is 0 Å². The van der Waals surface area contributed by atoms with Crippen molar-refractivity contribution in [1.29, 1.82) is 0 Å². The molecule has 2 bridgehead atoms. The van der Waals surface area contributed by atoms with Crippen molar-refractivity contribution in [3.8, 4) is 0 Å². The average molecular weight is 401 g/mol. The monoisotopic (exact) mass is 400 g/mol. The van der Waals surface area contributed by atoms with Gasteiger partial charge in [-0.15, -0.1) is 0 Å². The first-order valence-electron chi connectivity index (χ1n) is 12.3. The number of hydrogen-bond acceptors (Lipinski definition) is 4. The maximum absolute atomic E-state index is 13.3. The molecule has 0 radical (unpaired) electrons. The van der Waals surface area contributed by atoms with Gasteiger partial charge in [0.1, 0.15) is 0 Å². The Balaban J connectivity index is 1.06. The molecule has 6 aliphatic rings. The Kier molecular flexibility index (Phi) is 4.64. The normalized spacial score (nSPS) is 38.6. The Morgan fingerprint density at radius 1 is 0.552 bits per heavy atom. The predicted octanol–water partition coefficient (Wildman–Crippen LogP) is 1.83. The van der Waals surface area contributed by atoms with E-state index in [1.165, 1.54) is 51.4 Å². The average Bonchev–Trinajstić information content (AvgIpc) is 3.43. The highest BCUT2D eigenvalue weighted by Gasteiger charge is 2.53. The van der Waals surface area contributed by atoms with Crippen LogP contribution in [0.1, 0.15) is 70.6 Å². The van der Waals surface area contributed by atoms with Crippen molar-refractivity contribution in [1.82, 2.24) is 19.6 Å². The predicted molar refractivity (Wildman–Crippen MR) is 110 cm³/mol. The summed E-state index contributed by atoms with van der Waals surface area (Å²) in [6.45, 7) is 3.76. The molecule has 4 saturated heterocycles. The summed E-state index contributed by atoms with van der Waals surface area (Å²) in [5.74, 6) is 0.720. The third-order valence-corrected chi connectivity index (χ3v) is 9.09. The van der Waals surface area contributed by atoms with E-state index in [9.17, 15) is 9.59 Å². The van der Waals surface area contributed by atoms with Crippen LogP contribution in [0.5, 0.6) is 0 Å². The van der Waals surface area contributed by atoms with Crippen LogP contribution in [0.2, 0.25) is 0 Å². The standard InChI is InChI=1S/C23H36N4O2/c28-22(20-9-11-24(20)16-5-1-2-6-16)26-14-19-13-18(26)15-27(19)23(29)21-10-12-25(21)17-7-3-4-8-17/h16-21H,1-15H2/t18-,19-,20?,21?/m0/s1. The number of piperazine rings is 1. The zero-order valence-electron chi connectivity index (χ0n) is 17.7. The molecule has 160 valence electrons. The van der Waals surface area contributed by atoms with E-state index < -0.39 is 0 Å². The van der Waals surface area contributed by atoms with Crippen LogP contribution in [-0.2, 0) is 9.59 Å².